The lowest BCUT2D eigenvalue weighted by molar-refractivity contribution is -0.120. The number of nitrogens with zero attached hydrogens (tertiary/aromatic N) is 4. The van der Waals surface area contributed by atoms with Crippen LogP contribution in [0.1, 0.15) is 32.6 Å². The zero-order valence-corrected chi connectivity index (χ0v) is 18.2. The number of amides is 1. The molecule has 7 nitrogen and oxygen atoms in total. The SMILES string of the molecule is CC(C)Nc1nc(SC(C)C)nc2c1cnn2CCNC(=O)Cc1cccs1. The Labute approximate surface area is 173 Å². The van der Waals surface area contributed by atoms with Crippen LogP contribution in [0.4, 0.5) is 5.82 Å². The van der Waals surface area contributed by atoms with E-state index >= 15 is 0 Å². The molecule has 0 unspecified atom stereocenters. The number of hydrogen-bond donors (Lipinski definition) is 2. The fourth-order valence-corrected chi connectivity index (χ4v) is 4.09. The number of rotatable bonds is 9. The summed E-state index contributed by atoms with van der Waals surface area (Å²) in [7, 11) is 0. The molecule has 0 saturated carbocycles. The maximum absolute atomic E-state index is 12.1. The zero-order chi connectivity index (χ0) is 20.1. The molecule has 9 heteroatoms. The number of thiophene rings is 1. The van der Waals surface area contributed by atoms with Gasteiger partial charge in [-0.2, -0.15) is 5.10 Å². The van der Waals surface area contributed by atoms with Crippen LogP contribution in [-0.2, 0) is 17.8 Å². The third-order valence-corrected chi connectivity index (χ3v) is 5.54. The second-order valence-corrected chi connectivity index (χ2v) is 9.61. The lowest BCUT2D eigenvalue weighted by Gasteiger charge is -2.12. The first-order chi connectivity index (χ1) is 13.4. The molecule has 0 fully saturated rings. The van der Waals surface area contributed by atoms with E-state index in [9.17, 15) is 4.79 Å². The highest BCUT2D eigenvalue weighted by Gasteiger charge is 2.15. The molecule has 0 atom stereocenters. The molecule has 3 aromatic rings. The van der Waals surface area contributed by atoms with E-state index in [-0.39, 0.29) is 11.9 Å². The van der Waals surface area contributed by atoms with Crippen LogP contribution in [0.5, 0.6) is 0 Å². The predicted molar refractivity (Wildman–Crippen MR) is 116 cm³/mol. The molecule has 0 aromatic carbocycles. The van der Waals surface area contributed by atoms with Crippen LogP contribution in [0.2, 0.25) is 0 Å². The molecule has 3 heterocycles. The first kappa shape index (κ1) is 20.6. The molecular weight excluding hydrogens is 392 g/mol. The summed E-state index contributed by atoms with van der Waals surface area (Å²) in [4.78, 5) is 22.5. The number of anilines is 1. The van der Waals surface area contributed by atoms with Crippen molar-refractivity contribution in [1.82, 2.24) is 25.1 Å². The van der Waals surface area contributed by atoms with Crippen molar-refractivity contribution >= 4 is 45.9 Å². The Morgan fingerprint density at radius 1 is 1.29 bits per heavy atom. The van der Waals surface area contributed by atoms with Crippen molar-refractivity contribution in [2.75, 3.05) is 11.9 Å². The Bertz CT molecular complexity index is 920. The summed E-state index contributed by atoms with van der Waals surface area (Å²) in [6, 6.07) is 4.19. The van der Waals surface area contributed by atoms with Gasteiger partial charge in [0.25, 0.3) is 0 Å². The molecule has 0 saturated heterocycles. The zero-order valence-electron chi connectivity index (χ0n) is 16.6. The van der Waals surface area contributed by atoms with Crippen molar-refractivity contribution in [3.63, 3.8) is 0 Å². The molecule has 0 aliphatic heterocycles. The van der Waals surface area contributed by atoms with E-state index in [0.29, 0.717) is 24.8 Å². The van der Waals surface area contributed by atoms with Gasteiger partial charge in [0.2, 0.25) is 5.91 Å². The number of carbonyl (C=O) groups excluding carboxylic acids is 1. The molecule has 3 rings (SSSR count). The van der Waals surface area contributed by atoms with Crippen molar-refractivity contribution in [2.24, 2.45) is 0 Å². The van der Waals surface area contributed by atoms with E-state index in [1.165, 1.54) is 0 Å². The first-order valence-corrected chi connectivity index (χ1v) is 11.1. The summed E-state index contributed by atoms with van der Waals surface area (Å²) >= 11 is 3.22. The van der Waals surface area contributed by atoms with Crippen molar-refractivity contribution in [3.05, 3.63) is 28.6 Å². The van der Waals surface area contributed by atoms with Crippen LogP contribution < -0.4 is 10.6 Å². The molecule has 2 N–H and O–H groups in total. The number of hydrogen-bond acceptors (Lipinski definition) is 7. The Morgan fingerprint density at radius 2 is 2.11 bits per heavy atom. The molecule has 0 aliphatic carbocycles. The van der Waals surface area contributed by atoms with Crippen molar-refractivity contribution in [1.29, 1.82) is 0 Å². The average Bonchev–Trinajstić information content (AvgIpc) is 3.24. The normalized spacial score (nSPS) is 11.5. The number of carbonyl (C=O) groups is 1. The quantitative estimate of drug-likeness (QED) is 0.408. The monoisotopic (exact) mass is 418 g/mol. The second kappa shape index (κ2) is 9.38. The van der Waals surface area contributed by atoms with E-state index in [1.807, 2.05) is 22.2 Å². The summed E-state index contributed by atoms with van der Waals surface area (Å²) in [5.41, 5.74) is 0.786. The molecule has 0 bridgehead atoms. The van der Waals surface area contributed by atoms with Gasteiger partial charge in [-0.15, -0.1) is 11.3 Å². The van der Waals surface area contributed by atoms with Crippen LogP contribution in [0.3, 0.4) is 0 Å². The standard InChI is InChI=1S/C19H26N6OS2/c1-12(2)22-17-15-11-21-25(18(15)24-19(23-17)28-13(3)4)8-7-20-16(26)10-14-6-5-9-27-14/h5-6,9,11-13H,7-8,10H2,1-4H3,(H,20,26)(H,22,23,24). The van der Waals surface area contributed by atoms with E-state index < -0.39 is 0 Å². The minimum absolute atomic E-state index is 0.0201. The highest BCUT2D eigenvalue weighted by Crippen LogP contribution is 2.26. The molecule has 150 valence electrons. The van der Waals surface area contributed by atoms with Gasteiger partial charge in [-0.1, -0.05) is 31.7 Å². The number of aromatic nitrogens is 4. The van der Waals surface area contributed by atoms with Gasteiger partial charge >= 0.3 is 0 Å². The average molecular weight is 419 g/mol. The van der Waals surface area contributed by atoms with Crippen LogP contribution >= 0.6 is 23.1 Å². The van der Waals surface area contributed by atoms with Crippen molar-refractivity contribution in [2.45, 2.75) is 57.1 Å². The van der Waals surface area contributed by atoms with Crippen molar-refractivity contribution < 1.29 is 4.79 Å². The second-order valence-electron chi connectivity index (χ2n) is 7.03. The molecule has 0 spiro atoms. The Kier molecular flexibility index (Phi) is 6.90. The molecule has 0 radical (unpaired) electrons. The van der Waals surface area contributed by atoms with Crippen LogP contribution in [0.25, 0.3) is 11.0 Å². The highest BCUT2D eigenvalue weighted by atomic mass is 32.2. The topological polar surface area (TPSA) is 84.7 Å². The van der Waals surface area contributed by atoms with Gasteiger partial charge in [0, 0.05) is 22.7 Å². The minimum atomic E-state index is 0.0201. The third-order valence-electron chi connectivity index (χ3n) is 3.80. The highest BCUT2D eigenvalue weighted by molar-refractivity contribution is 7.99. The maximum Gasteiger partial charge on any atom is 0.225 e. The van der Waals surface area contributed by atoms with E-state index in [1.54, 1.807) is 29.3 Å². The number of fused-ring (bicyclic) bond motifs is 1. The number of nitrogens with one attached hydrogen (secondary N) is 2. The van der Waals surface area contributed by atoms with Gasteiger partial charge in [-0.25, -0.2) is 14.6 Å². The van der Waals surface area contributed by atoms with Gasteiger partial charge in [-0.05, 0) is 25.3 Å². The lowest BCUT2D eigenvalue weighted by Crippen LogP contribution is -2.28. The summed E-state index contributed by atoms with van der Waals surface area (Å²) in [6.45, 7) is 9.46. The van der Waals surface area contributed by atoms with Gasteiger partial charge in [-0.3, -0.25) is 4.79 Å². The smallest absolute Gasteiger partial charge is 0.225 e. The fraction of sp³-hybridized carbons (Fsp3) is 0.474. The fourth-order valence-electron chi connectivity index (χ4n) is 2.68. The summed E-state index contributed by atoms with van der Waals surface area (Å²) in [5, 5.41) is 14.8. The molecule has 28 heavy (non-hydrogen) atoms. The van der Waals surface area contributed by atoms with Crippen LogP contribution in [0.15, 0.2) is 28.9 Å². The van der Waals surface area contributed by atoms with Gasteiger partial charge in [0.05, 0.1) is 24.5 Å². The number of thioether (sulfide) groups is 1. The summed E-state index contributed by atoms with van der Waals surface area (Å²) < 4.78 is 1.83. The molecule has 3 aromatic heterocycles. The largest absolute Gasteiger partial charge is 0.367 e. The van der Waals surface area contributed by atoms with Crippen molar-refractivity contribution in [3.8, 4) is 0 Å². The third kappa shape index (κ3) is 5.45. The Balaban J connectivity index is 1.72. The predicted octanol–water partition coefficient (Wildman–Crippen LogP) is 3.57. The van der Waals surface area contributed by atoms with Gasteiger partial charge in [0.1, 0.15) is 5.82 Å². The lowest BCUT2D eigenvalue weighted by atomic mass is 10.3. The summed E-state index contributed by atoms with van der Waals surface area (Å²) in [6.07, 6.45) is 2.20. The molecule has 0 aliphatic rings. The Morgan fingerprint density at radius 3 is 2.79 bits per heavy atom. The Hall–Kier alpha value is -2.13. The molecule has 1 amide bonds. The van der Waals surface area contributed by atoms with Crippen LogP contribution in [0, 0.1) is 0 Å². The van der Waals surface area contributed by atoms with E-state index in [0.717, 1.165) is 26.9 Å². The van der Waals surface area contributed by atoms with Crippen LogP contribution in [-0.4, -0.2) is 43.5 Å². The first-order valence-electron chi connectivity index (χ1n) is 9.38. The van der Waals surface area contributed by atoms with Gasteiger partial charge in [0.15, 0.2) is 10.8 Å². The van der Waals surface area contributed by atoms with E-state index in [4.69, 9.17) is 4.98 Å². The maximum atomic E-state index is 12.1. The van der Waals surface area contributed by atoms with Gasteiger partial charge < -0.3 is 10.6 Å². The van der Waals surface area contributed by atoms with E-state index in [2.05, 4.69) is 48.4 Å². The summed E-state index contributed by atoms with van der Waals surface area (Å²) in [5.74, 6) is 0.822. The molecular formula is C19H26N6OS2. The minimum Gasteiger partial charge on any atom is -0.367 e.